The molecule has 0 atom stereocenters. The predicted molar refractivity (Wildman–Crippen MR) is 99.5 cm³/mol. The van der Waals surface area contributed by atoms with Crippen LogP contribution in [-0.4, -0.2) is 16.2 Å². The van der Waals surface area contributed by atoms with Crippen LogP contribution in [0, 0.1) is 30.1 Å². The van der Waals surface area contributed by atoms with Crippen molar-refractivity contribution < 1.29 is 13.9 Å². The van der Waals surface area contributed by atoms with Gasteiger partial charge in [-0.2, -0.15) is 0 Å². The first-order chi connectivity index (χ1) is 13.1. The largest absolute Gasteiger partial charge is 0.456 e. The Kier molecular flexibility index (Phi) is 4.06. The smallest absolute Gasteiger partial charge is 0.306 e. The lowest BCUT2D eigenvalue weighted by Crippen LogP contribution is -2.47. The third kappa shape index (κ3) is 3.40. The average Bonchev–Trinajstić information content (AvgIpc) is 3.07. The Labute approximate surface area is 159 Å². The van der Waals surface area contributed by atoms with E-state index in [1.807, 2.05) is 31.2 Å². The molecule has 4 bridgehead atoms. The molecule has 0 radical (unpaired) electrons. The molecule has 142 valence electrons. The number of esters is 1. The first-order valence-electron chi connectivity index (χ1n) is 10.1. The number of carbonyl (C=O) groups excluding carboxylic acids is 1. The molecular weight excluding hydrogens is 340 g/mol. The standard InChI is InChI=1S/C22H26N2O3/c1-14-3-2-4-18(5-14)21-24-23-19(27-21)13-26-20(25)12-22-9-15-6-16(10-22)8-17(7-15)11-22/h2-5,15-17H,6-13H2,1H3. The zero-order valence-electron chi connectivity index (χ0n) is 15.8. The maximum atomic E-state index is 12.5. The second-order valence-corrected chi connectivity index (χ2v) is 9.13. The van der Waals surface area contributed by atoms with Crippen molar-refractivity contribution in [3.63, 3.8) is 0 Å². The van der Waals surface area contributed by atoms with Gasteiger partial charge in [0.05, 0.1) is 6.42 Å². The Morgan fingerprint density at radius 2 is 1.85 bits per heavy atom. The van der Waals surface area contributed by atoms with Gasteiger partial charge in [0.2, 0.25) is 5.89 Å². The van der Waals surface area contributed by atoms with Crippen molar-refractivity contribution in [1.29, 1.82) is 0 Å². The van der Waals surface area contributed by atoms with Gasteiger partial charge in [-0.25, -0.2) is 0 Å². The van der Waals surface area contributed by atoms with Gasteiger partial charge in [0.1, 0.15) is 0 Å². The molecule has 6 rings (SSSR count). The van der Waals surface area contributed by atoms with Crippen LogP contribution in [0.5, 0.6) is 0 Å². The molecule has 5 nitrogen and oxygen atoms in total. The van der Waals surface area contributed by atoms with Crippen LogP contribution in [-0.2, 0) is 16.1 Å². The lowest BCUT2D eigenvalue weighted by molar-refractivity contribution is -0.154. The van der Waals surface area contributed by atoms with E-state index in [2.05, 4.69) is 10.2 Å². The summed E-state index contributed by atoms with van der Waals surface area (Å²) < 4.78 is 11.2. The molecular formula is C22H26N2O3. The van der Waals surface area contributed by atoms with Gasteiger partial charge in [-0.05, 0) is 80.8 Å². The van der Waals surface area contributed by atoms with Crippen molar-refractivity contribution >= 4 is 5.97 Å². The molecule has 4 saturated carbocycles. The fraction of sp³-hybridized carbons (Fsp3) is 0.591. The molecule has 0 unspecified atom stereocenters. The third-order valence-corrected chi connectivity index (χ3v) is 6.77. The van der Waals surface area contributed by atoms with Gasteiger partial charge in [0.15, 0.2) is 6.61 Å². The topological polar surface area (TPSA) is 65.2 Å². The summed E-state index contributed by atoms with van der Waals surface area (Å²) in [6.07, 6.45) is 8.36. The van der Waals surface area contributed by atoms with Gasteiger partial charge in [-0.15, -0.1) is 10.2 Å². The molecule has 4 aliphatic rings. The van der Waals surface area contributed by atoms with E-state index in [1.165, 1.54) is 38.5 Å². The first-order valence-corrected chi connectivity index (χ1v) is 10.1. The van der Waals surface area contributed by atoms with Gasteiger partial charge in [0, 0.05) is 5.56 Å². The van der Waals surface area contributed by atoms with Crippen LogP contribution in [0.2, 0.25) is 0 Å². The molecule has 1 heterocycles. The van der Waals surface area contributed by atoms with E-state index in [4.69, 9.17) is 9.15 Å². The summed E-state index contributed by atoms with van der Waals surface area (Å²) in [6, 6.07) is 7.91. The Bertz CT molecular complexity index is 821. The quantitative estimate of drug-likeness (QED) is 0.718. The molecule has 0 aliphatic heterocycles. The fourth-order valence-corrected chi connectivity index (χ4v) is 6.21. The average molecular weight is 366 g/mol. The molecule has 0 amide bonds. The number of benzene rings is 1. The van der Waals surface area contributed by atoms with Crippen LogP contribution in [0.3, 0.4) is 0 Å². The summed E-state index contributed by atoms with van der Waals surface area (Å²) in [5.41, 5.74) is 2.22. The number of hydrogen-bond donors (Lipinski definition) is 0. The Morgan fingerprint density at radius 3 is 2.52 bits per heavy atom. The third-order valence-electron chi connectivity index (χ3n) is 6.77. The summed E-state index contributed by atoms with van der Waals surface area (Å²) in [6.45, 7) is 2.08. The van der Waals surface area contributed by atoms with Gasteiger partial charge < -0.3 is 9.15 Å². The predicted octanol–water partition coefficient (Wildman–Crippen LogP) is 4.69. The molecule has 0 saturated heterocycles. The number of aryl methyl sites for hydroxylation is 1. The number of hydrogen-bond acceptors (Lipinski definition) is 5. The van der Waals surface area contributed by atoms with E-state index in [9.17, 15) is 4.79 Å². The summed E-state index contributed by atoms with van der Waals surface area (Å²) in [4.78, 5) is 12.5. The number of ether oxygens (including phenoxy) is 1. The van der Waals surface area contributed by atoms with Gasteiger partial charge in [-0.3, -0.25) is 4.79 Å². The minimum atomic E-state index is -0.118. The van der Waals surface area contributed by atoms with Crippen LogP contribution >= 0.6 is 0 Å². The number of rotatable bonds is 5. The monoisotopic (exact) mass is 366 g/mol. The Hall–Kier alpha value is -2.17. The maximum absolute atomic E-state index is 12.5. The van der Waals surface area contributed by atoms with E-state index in [0.717, 1.165) is 28.9 Å². The van der Waals surface area contributed by atoms with Gasteiger partial charge in [-0.1, -0.05) is 17.7 Å². The highest BCUT2D eigenvalue weighted by Crippen LogP contribution is 2.61. The molecule has 4 aliphatic carbocycles. The molecule has 0 N–H and O–H groups in total. The van der Waals surface area contributed by atoms with Crippen LogP contribution in [0.1, 0.15) is 56.4 Å². The zero-order chi connectivity index (χ0) is 18.4. The molecule has 2 aromatic rings. The van der Waals surface area contributed by atoms with Crippen LogP contribution in [0.15, 0.2) is 28.7 Å². The lowest BCUT2D eigenvalue weighted by Gasteiger charge is -2.56. The van der Waals surface area contributed by atoms with Crippen molar-refractivity contribution in [3.05, 3.63) is 35.7 Å². The Morgan fingerprint density at radius 1 is 1.15 bits per heavy atom. The van der Waals surface area contributed by atoms with Crippen molar-refractivity contribution in [1.82, 2.24) is 10.2 Å². The number of carbonyl (C=O) groups is 1. The molecule has 27 heavy (non-hydrogen) atoms. The van der Waals surface area contributed by atoms with E-state index < -0.39 is 0 Å². The normalized spacial score (nSPS) is 31.2. The maximum Gasteiger partial charge on any atom is 0.306 e. The minimum Gasteiger partial charge on any atom is -0.456 e. The summed E-state index contributed by atoms with van der Waals surface area (Å²) in [7, 11) is 0. The highest BCUT2D eigenvalue weighted by atomic mass is 16.5. The molecule has 1 aromatic heterocycles. The molecule has 5 heteroatoms. The van der Waals surface area contributed by atoms with Crippen LogP contribution < -0.4 is 0 Å². The molecule has 1 aromatic carbocycles. The minimum absolute atomic E-state index is 0.0595. The van der Waals surface area contributed by atoms with E-state index >= 15 is 0 Å². The molecule has 4 fully saturated rings. The lowest BCUT2D eigenvalue weighted by atomic mass is 9.49. The first kappa shape index (κ1) is 17.0. The second kappa shape index (κ2) is 6.47. The van der Waals surface area contributed by atoms with Crippen LogP contribution in [0.25, 0.3) is 11.5 Å². The van der Waals surface area contributed by atoms with Crippen molar-refractivity contribution in [2.24, 2.45) is 23.2 Å². The van der Waals surface area contributed by atoms with Gasteiger partial charge in [0.25, 0.3) is 5.89 Å². The summed E-state index contributed by atoms with van der Waals surface area (Å²) in [5.74, 6) is 3.23. The fourth-order valence-electron chi connectivity index (χ4n) is 6.21. The number of aromatic nitrogens is 2. The van der Waals surface area contributed by atoms with E-state index in [1.54, 1.807) is 0 Å². The van der Waals surface area contributed by atoms with Crippen LogP contribution in [0.4, 0.5) is 0 Å². The van der Waals surface area contributed by atoms with E-state index in [0.29, 0.717) is 18.2 Å². The molecule has 0 spiro atoms. The van der Waals surface area contributed by atoms with Crippen molar-refractivity contribution in [2.45, 2.75) is 58.5 Å². The Balaban J connectivity index is 1.19. The zero-order valence-corrected chi connectivity index (χ0v) is 15.8. The van der Waals surface area contributed by atoms with Crippen molar-refractivity contribution in [2.75, 3.05) is 0 Å². The highest BCUT2D eigenvalue weighted by molar-refractivity contribution is 5.70. The van der Waals surface area contributed by atoms with Gasteiger partial charge >= 0.3 is 5.97 Å². The highest BCUT2D eigenvalue weighted by Gasteiger charge is 2.51. The SMILES string of the molecule is Cc1cccc(-c2nnc(COC(=O)CC34CC5CC(CC(C5)C3)C4)o2)c1. The van der Waals surface area contributed by atoms with Crippen molar-refractivity contribution in [3.8, 4) is 11.5 Å². The number of nitrogens with zero attached hydrogens (tertiary/aromatic N) is 2. The summed E-state index contributed by atoms with van der Waals surface area (Å²) >= 11 is 0. The second-order valence-electron chi connectivity index (χ2n) is 9.13. The summed E-state index contributed by atoms with van der Waals surface area (Å²) in [5, 5.41) is 8.10. The van der Waals surface area contributed by atoms with E-state index in [-0.39, 0.29) is 18.0 Å².